The maximum atomic E-state index is 13.0. The van der Waals surface area contributed by atoms with E-state index >= 15 is 0 Å². The van der Waals surface area contributed by atoms with Crippen molar-refractivity contribution in [3.8, 4) is 0 Å². The summed E-state index contributed by atoms with van der Waals surface area (Å²) in [5.74, 6) is 0.668. The molecule has 1 fully saturated rings. The van der Waals surface area contributed by atoms with Crippen molar-refractivity contribution < 1.29 is 9.59 Å². The molecular weight excluding hydrogens is 348 g/mol. The van der Waals surface area contributed by atoms with Crippen molar-refractivity contribution in [2.75, 3.05) is 26.2 Å². The van der Waals surface area contributed by atoms with Gasteiger partial charge in [-0.05, 0) is 47.9 Å². The number of rotatable bonds is 2. The summed E-state index contributed by atoms with van der Waals surface area (Å²) in [6, 6.07) is 16.8. The highest BCUT2D eigenvalue weighted by Crippen LogP contribution is 2.30. The van der Waals surface area contributed by atoms with E-state index in [0.717, 1.165) is 25.7 Å². The van der Waals surface area contributed by atoms with Crippen LogP contribution >= 0.6 is 0 Å². The van der Waals surface area contributed by atoms with Crippen molar-refractivity contribution in [3.05, 3.63) is 70.8 Å². The van der Waals surface area contributed by atoms with Crippen molar-refractivity contribution in [2.45, 2.75) is 25.7 Å². The smallest absolute Gasteiger partial charge is 0.226 e. The van der Waals surface area contributed by atoms with Crippen LogP contribution in [0.5, 0.6) is 0 Å². The Bertz CT molecular complexity index is 789. The van der Waals surface area contributed by atoms with Gasteiger partial charge < -0.3 is 9.80 Å². The fourth-order valence-corrected chi connectivity index (χ4v) is 5.13. The number of fused-ring (bicyclic) bond motifs is 2. The Morgan fingerprint density at radius 3 is 1.14 bits per heavy atom. The molecule has 0 atom stereocenters. The summed E-state index contributed by atoms with van der Waals surface area (Å²) in [5.41, 5.74) is 5.26. The summed E-state index contributed by atoms with van der Waals surface area (Å²) < 4.78 is 0. The van der Waals surface area contributed by atoms with Gasteiger partial charge >= 0.3 is 0 Å². The lowest BCUT2D eigenvalue weighted by molar-refractivity contribution is -0.143. The molecule has 4 nitrogen and oxygen atoms in total. The molecule has 1 aliphatic heterocycles. The first kappa shape index (κ1) is 17.5. The Hall–Kier alpha value is -2.62. The van der Waals surface area contributed by atoms with Gasteiger partial charge in [-0.15, -0.1) is 0 Å². The van der Waals surface area contributed by atoms with Gasteiger partial charge in [0.1, 0.15) is 0 Å². The molecule has 0 bridgehead atoms. The van der Waals surface area contributed by atoms with Crippen LogP contribution in [0.4, 0.5) is 0 Å². The molecule has 0 N–H and O–H groups in total. The third kappa shape index (κ3) is 3.11. The number of benzene rings is 2. The summed E-state index contributed by atoms with van der Waals surface area (Å²) >= 11 is 0. The number of carbonyl (C=O) groups excluding carboxylic acids is 2. The summed E-state index contributed by atoms with van der Waals surface area (Å²) in [6.45, 7) is 2.66. The SMILES string of the molecule is O=C(C1Cc2ccccc2C1)N1CCN(C(=O)C2Cc3ccccc3C2)CC1. The van der Waals surface area contributed by atoms with E-state index < -0.39 is 0 Å². The molecule has 1 saturated heterocycles. The van der Waals surface area contributed by atoms with Crippen molar-refractivity contribution >= 4 is 11.8 Å². The van der Waals surface area contributed by atoms with Gasteiger partial charge in [0.2, 0.25) is 11.8 Å². The fourth-order valence-electron chi connectivity index (χ4n) is 5.13. The first-order chi connectivity index (χ1) is 13.7. The molecule has 4 heteroatoms. The molecule has 0 aromatic heterocycles. The zero-order valence-electron chi connectivity index (χ0n) is 16.1. The minimum Gasteiger partial charge on any atom is -0.339 e. The normalized spacial score (nSPS) is 19.6. The fraction of sp³-hybridized carbons (Fsp3) is 0.417. The van der Waals surface area contributed by atoms with Crippen LogP contribution in [-0.2, 0) is 35.3 Å². The average molecular weight is 374 g/mol. The minimum absolute atomic E-state index is 0.0731. The summed E-state index contributed by atoms with van der Waals surface area (Å²) in [7, 11) is 0. The molecule has 2 amide bonds. The maximum Gasteiger partial charge on any atom is 0.226 e. The predicted molar refractivity (Wildman–Crippen MR) is 108 cm³/mol. The van der Waals surface area contributed by atoms with E-state index in [9.17, 15) is 9.59 Å². The van der Waals surface area contributed by atoms with Gasteiger partial charge in [0, 0.05) is 38.0 Å². The minimum atomic E-state index is 0.0731. The zero-order valence-corrected chi connectivity index (χ0v) is 16.1. The van der Waals surface area contributed by atoms with Gasteiger partial charge in [-0.1, -0.05) is 48.5 Å². The van der Waals surface area contributed by atoms with Gasteiger partial charge in [0.15, 0.2) is 0 Å². The number of carbonyl (C=O) groups is 2. The number of nitrogens with zero attached hydrogens (tertiary/aromatic N) is 2. The second kappa shape index (κ2) is 7.08. The van der Waals surface area contributed by atoms with Gasteiger partial charge in [-0.25, -0.2) is 0 Å². The lowest BCUT2D eigenvalue weighted by Crippen LogP contribution is -2.53. The van der Waals surface area contributed by atoms with Crippen LogP contribution in [0.3, 0.4) is 0 Å². The quantitative estimate of drug-likeness (QED) is 0.810. The molecule has 3 aliphatic rings. The highest BCUT2D eigenvalue weighted by molar-refractivity contribution is 5.82. The van der Waals surface area contributed by atoms with Crippen molar-refractivity contribution in [1.82, 2.24) is 9.80 Å². The third-order valence-corrected chi connectivity index (χ3v) is 6.70. The molecule has 0 spiro atoms. The van der Waals surface area contributed by atoms with E-state index in [4.69, 9.17) is 0 Å². The Morgan fingerprint density at radius 1 is 0.571 bits per heavy atom. The summed E-state index contributed by atoms with van der Waals surface area (Å²) in [4.78, 5) is 29.9. The van der Waals surface area contributed by atoms with Crippen LogP contribution in [0.1, 0.15) is 22.3 Å². The highest BCUT2D eigenvalue weighted by Gasteiger charge is 2.35. The van der Waals surface area contributed by atoms with E-state index in [1.807, 2.05) is 9.80 Å². The number of piperazine rings is 1. The first-order valence-corrected chi connectivity index (χ1v) is 10.4. The maximum absolute atomic E-state index is 13.0. The van der Waals surface area contributed by atoms with Gasteiger partial charge in [-0.2, -0.15) is 0 Å². The third-order valence-electron chi connectivity index (χ3n) is 6.70. The molecule has 1 heterocycles. The largest absolute Gasteiger partial charge is 0.339 e. The monoisotopic (exact) mass is 374 g/mol. The summed E-state index contributed by atoms with van der Waals surface area (Å²) in [5, 5.41) is 0. The molecule has 2 aromatic carbocycles. The Labute approximate surface area is 166 Å². The second-order valence-electron chi connectivity index (χ2n) is 8.40. The zero-order chi connectivity index (χ0) is 19.1. The molecule has 0 radical (unpaired) electrons. The molecule has 0 unspecified atom stereocenters. The lowest BCUT2D eigenvalue weighted by atomic mass is 10.0. The van der Waals surface area contributed by atoms with Gasteiger partial charge in [0.25, 0.3) is 0 Å². The predicted octanol–water partition coefficient (Wildman–Crippen LogP) is 2.49. The molecule has 2 aliphatic carbocycles. The Morgan fingerprint density at radius 2 is 0.857 bits per heavy atom. The number of hydrogen-bond donors (Lipinski definition) is 0. The lowest BCUT2D eigenvalue weighted by Gasteiger charge is -2.37. The van der Waals surface area contributed by atoms with E-state index in [0.29, 0.717) is 26.2 Å². The van der Waals surface area contributed by atoms with Crippen LogP contribution in [0.15, 0.2) is 48.5 Å². The topological polar surface area (TPSA) is 40.6 Å². The molecule has 0 saturated carbocycles. The molecule has 5 rings (SSSR count). The van der Waals surface area contributed by atoms with Crippen LogP contribution in [-0.4, -0.2) is 47.8 Å². The Kier molecular flexibility index (Phi) is 4.42. The van der Waals surface area contributed by atoms with Crippen LogP contribution < -0.4 is 0 Å². The number of hydrogen-bond acceptors (Lipinski definition) is 2. The Balaban J connectivity index is 1.16. The number of amides is 2. The summed E-state index contributed by atoms with van der Waals surface area (Å²) in [6.07, 6.45) is 3.42. The first-order valence-electron chi connectivity index (χ1n) is 10.4. The molecule has 144 valence electrons. The van der Waals surface area contributed by atoms with Crippen molar-refractivity contribution in [2.24, 2.45) is 11.8 Å². The molecule has 2 aromatic rings. The standard InChI is InChI=1S/C24H26N2O2/c27-23(21-13-17-5-1-2-6-18(17)14-21)25-9-11-26(12-10-25)24(28)22-15-19-7-3-4-8-20(19)16-22/h1-8,21-22H,9-16H2. The van der Waals surface area contributed by atoms with Gasteiger partial charge in [0.05, 0.1) is 0 Å². The van der Waals surface area contributed by atoms with Crippen molar-refractivity contribution in [1.29, 1.82) is 0 Å². The van der Waals surface area contributed by atoms with E-state index in [1.54, 1.807) is 0 Å². The van der Waals surface area contributed by atoms with Crippen molar-refractivity contribution in [3.63, 3.8) is 0 Å². The average Bonchev–Trinajstić information content (AvgIpc) is 3.37. The van der Waals surface area contributed by atoms with Crippen LogP contribution in [0.2, 0.25) is 0 Å². The highest BCUT2D eigenvalue weighted by atomic mass is 16.2. The van der Waals surface area contributed by atoms with E-state index in [-0.39, 0.29) is 23.7 Å². The molecule has 28 heavy (non-hydrogen) atoms. The molecular formula is C24H26N2O2. The van der Waals surface area contributed by atoms with Crippen LogP contribution in [0.25, 0.3) is 0 Å². The van der Waals surface area contributed by atoms with Crippen LogP contribution in [0, 0.1) is 11.8 Å². The van der Waals surface area contributed by atoms with E-state index in [2.05, 4.69) is 48.5 Å². The van der Waals surface area contributed by atoms with E-state index in [1.165, 1.54) is 22.3 Å². The van der Waals surface area contributed by atoms with Gasteiger partial charge in [-0.3, -0.25) is 9.59 Å². The second-order valence-corrected chi connectivity index (χ2v) is 8.40.